The Labute approximate surface area is 66.6 Å². The van der Waals surface area contributed by atoms with Crippen LogP contribution >= 0.6 is 0 Å². The fourth-order valence-corrected chi connectivity index (χ4v) is 0.881. The highest BCUT2D eigenvalue weighted by Gasteiger charge is 1.89. The molecule has 0 unspecified atom stereocenters. The van der Waals surface area contributed by atoms with Gasteiger partial charge in [0.15, 0.2) is 0 Å². The van der Waals surface area contributed by atoms with Crippen LogP contribution in [0.1, 0.15) is 5.56 Å². The van der Waals surface area contributed by atoms with Crippen molar-refractivity contribution in [1.29, 1.82) is 0 Å². The molecule has 3 N–H and O–H groups in total. The van der Waals surface area contributed by atoms with E-state index < -0.39 is 0 Å². The summed E-state index contributed by atoms with van der Waals surface area (Å²) in [4.78, 5) is 4.00. The van der Waals surface area contributed by atoms with Crippen LogP contribution in [0.2, 0.25) is 0 Å². The Morgan fingerprint density at radius 3 is 3.09 bits per heavy atom. The maximum absolute atomic E-state index is 5.27. The van der Waals surface area contributed by atoms with E-state index in [1.807, 2.05) is 12.3 Å². The maximum Gasteiger partial charge on any atom is 0.0428 e. The molecule has 1 aromatic heterocycles. The zero-order valence-corrected chi connectivity index (χ0v) is 6.46. The molecule has 0 fully saturated rings. The van der Waals surface area contributed by atoms with Crippen molar-refractivity contribution in [3.63, 3.8) is 0 Å². The lowest BCUT2D eigenvalue weighted by atomic mass is 10.2. The van der Waals surface area contributed by atoms with E-state index in [9.17, 15) is 0 Å². The second-order valence-electron chi connectivity index (χ2n) is 2.32. The van der Waals surface area contributed by atoms with Crippen molar-refractivity contribution < 1.29 is 0 Å². The maximum atomic E-state index is 5.27. The standard InChI is InChI=1S/C8H13N3/c9-7-11-5-3-8-2-1-4-10-6-8/h1-2,4,6,11H,3,5,7,9H2. The third-order valence-corrected chi connectivity index (χ3v) is 1.46. The Hall–Kier alpha value is -0.930. The quantitative estimate of drug-likeness (QED) is 0.475. The smallest absolute Gasteiger partial charge is 0.0428 e. The summed E-state index contributed by atoms with van der Waals surface area (Å²) in [5.41, 5.74) is 6.51. The zero-order valence-electron chi connectivity index (χ0n) is 6.46. The predicted octanol–water partition coefficient (Wildman–Crippen LogP) is 0.130. The zero-order chi connectivity index (χ0) is 7.94. The highest BCUT2D eigenvalue weighted by molar-refractivity contribution is 5.08. The molecule has 60 valence electrons. The van der Waals surface area contributed by atoms with Crippen LogP contribution in [0.15, 0.2) is 24.5 Å². The lowest BCUT2D eigenvalue weighted by Gasteiger charge is -1.99. The van der Waals surface area contributed by atoms with E-state index in [1.54, 1.807) is 6.20 Å². The van der Waals surface area contributed by atoms with E-state index in [2.05, 4.69) is 16.4 Å². The van der Waals surface area contributed by atoms with Gasteiger partial charge in [0.2, 0.25) is 0 Å². The van der Waals surface area contributed by atoms with Gasteiger partial charge in [0.05, 0.1) is 0 Å². The van der Waals surface area contributed by atoms with Crippen molar-refractivity contribution in [3.8, 4) is 0 Å². The Bertz CT molecular complexity index is 186. The van der Waals surface area contributed by atoms with Gasteiger partial charge in [-0.2, -0.15) is 0 Å². The first-order chi connectivity index (χ1) is 5.43. The van der Waals surface area contributed by atoms with Crippen LogP contribution in [-0.2, 0) is 6.42 Å². The van der Waals surface area contributed by atoms with Crippen LogP contribution in [-0.4, -0.2) is 18.2 Å². The number of hydrogen-bond donors (Lipinski definition) is 2. The summed E-state index contributed by atoms with van der Waals surface area (Å²) < 4.78 is 0. The molecule has 0 radical (unpaired) electrons. The van der Waals surface area contributed by atoms with E-state index in [0.29, 0.717) is 6.67 Å². The van der Waals surface area contributed by atoms with Crippen molar-refractivity contribution in [2.45, 2.75) is 6.42 Å². The van der Waals surface area contributed by atoms with Gasteiger partial charge in [-0.15, -0.1) is 0 Å². The van der Waals surface area contributed by atoms with Crippen LogP contribution in [0.5, 0.6) is 0 Å². The van der Waals surface area contributed by atoms with E-state index in [4.69, 9.17) is 5.73 Å². The monoisotopic (exact) mass is 151 g/mol. The molecule has 1 aromatic rings. The number of nitrogens with zero attached hydrogens (tertiary/aromatic N) is 1. The van der Waals surface area contributed by atoms with Crippen LogP contribution < -0.4 is 11.1 Å². The molecular formula is C8H13N3. The van der Waals surface area contributed by atoms with Gasteiger partial charge in [-0.3, -0.25) is 4.98 Å². The van der Waals surface area contributed by atoms with Gasteiger partial charge in [-0.25, -0.2) is 0 Å². The first-order valence-electron chi connectivity index (χ1n) is 3.73. The number of aromatic nitrogens is 1. The van der Waals surface area contributed by atoms with E-state index >= 15 is 0 Å². The van der Waals surface area contributed by atoms with Gasteiger partial charge in [0.25, 0.3) is 0 Å². The lowest BCUT2D eigenvalue weighted by Crippen LogP contribution is -2.24. The Morgan fingerprint density at radius 2 is 2.45 bits per heavy atom. The first kappa shape index (κ1) is 8.17. The molecule has 0 bridgehead atoms. The molecule has 0 aromatic carbocycles. The predicted molar refractivity (Wildman–Crippen MR) is 45.0 cm³/mol. The molecule has 0 aliphatic rings. The fourth-order valence-electron chi connectivity index (χ4n) is 0.881. The summed E-state index contributed by atoms with van der Waals surface area (Å²) in [5, 5.41) is 3.05. The number of rotatable bonds is 4. The van der Waals surface area contributed by atoms with Crippen molar-refractivity contribution in [1.82, 2.24) is 10.3 Å². The van der Waals surface area contributed by atoms with E-state index in [1.165, 1.54) is 5.56 Å². The van der Waals surface area contributed by atoms with Crippen LogP contribution in [0.25, 0.3) is 0 Å². The fraction of sp³-hybridized carbons (Fsp3) is 0.375. The van der Waals surface area contributed by atoms with Crippen molar-refractivity contribution >= 4 is 0 Å². The Kier molecular flexibility index (Phi) is 3.58. The molecule has 0 atom stereocenters. The number of hydrogen-bond acceptors (Lipinski definition) is 3. The highest BCUT2D eigenvalue weighted by atomic mass is 14.9. The molecule has 1 rings (SSSR count). The first-order valence-corrected chi connectivity index (χ1v) is 3.73. The normalized spacial score (nSPS) is 9.91. The molecule has 0 aliphatic heterocycles. The molecule has 0 spiro atoms. The molecule has 3 heteroatoms. The third-order valence-electron chi connectivity index (χ3n) is 1.46. The van der Waals surface area contributed by atoms with Gasteiger partial charge in [-0.1, -0.05) is 6.07 Å². The molecule has 1 heterocycles. The average Bonchev–Trinajstić information content (AvgIpc) is 2.07. The summed E-state index contributed by atoms with van der Waals surface area (Å²) >= 11 is 0. The van der Waals surface area contributed by atoms with Gasteiger partial charge in [0, 0.05) is 25.6 Å². The summed E-state index contributed by atoms with van der Waals surface area (Å²) in [6.45, 7) is 1.46. The Morgan fingerprint density at radius 1 is 1.55 bits per heavy atom. The average molecular weight is 151 g/mol. The summed E-state index contributed by atoms with van der Waals surface area (Å²) in [7, 11) is 0. The van der Waals surface area contributed by atoms with Gasteiger partial charge in [0.1, 0.15) is 0 Å². The summed E-state index contributed by atoms with van der Waals surface area (Å²) in [5.74, 6) is 0. The van der Waals surface area contributed by atoms with Gasteiger partial charge >= 0.3 is 0 Å². The van der Waals surface area contributed by atoms with E-state index in [-0.39, 0.29) is 0 Å². The van der Waals surface area contributed by atoms with Crippen LogP contribution in [0, 0.1) is 0 Å². The molecule has 3 nitrogen and oxygen atoms in total. The number of nitrogens with two attached hydrogens (primary N) is 1. The SMILES string of the molecule is NCNCCc1cccnc1. The molecule has 0 aliphatic carbocycles. The van der Waals surface area contributed by atoms with Gasteiger partial charge < -0.3 is 11.1 Å². The molecular weight excluding hydrogens is 138 g/mol. The second-order valence-corrected chi connectivity index (χ2v) is 2.32. The lowest BCUT2D eigenvalue weighted by molar-refractivity contribution is 0.700. The molecule has 11 heavy (non-hydrogen) atoms. The minimum absolute atomic E-state index is 0.542. The van der Waals surface area contributed by atoms with Gasteiger partial charge in [-0.05, 0) is 18.1 Å². The molecule has 0 saturated carbocycles. The Balaban J connectivity index is 2.28. The van der Waals surface area contributed by atoms with Crippen molar-refractivity contribution in [3.05, 3.63) is 30.1 Å². The van der Waals surface area contributed by atoms with Crippen LogP contribution in [0.4, 0.5) is 0 Å². The minimum atomic E-state index is 0.542. The van der Waals surface area contributed by atoms with Crippen molar-refractivity contribution in [2.75, 3.05) is 13.2 Å². The number of pyridine rings is 1. The van der Waals surface area contributed by atoms with Crippen molar-refractivity contribution in [2.24, 2.45) is 5.73 Å². The van der Waals surface area contributed by atoms with E-state index in [0.717, 1.165) is 13.0 Å². The van der Waals surface area contributed by atoms with Crippen LogP contribution in [0.3, 0.4) is 0 Å². The summed E-state index contributed by atoms with van der Waals surface area (Å²) in [6, 6.07) is 4.00. The minimum Gasteiger partial charge on any atom is -0.318 e. The highest BCUT2D eigenvalue weighted by Crippen LogP contribution is 1.94. The molecule has 0 saturated heterocycles. The topological polar surface area (TPSA) is 50.9 Å². The number of nitrogens with one attached hydrogen (secondary N) is 1. The third kappa shape index (κ3) is 3.11. The second kappa shape index (κ2) is 4.82. The largest absolute Gasteiger partial charge is 0.318 e. The summed E-state index contributed by atoms with van der Waals surface area (Å²) in [6.07, 6.45) is 4.64. The molecule has 0 amide bonds.